The summed E-state index contributed by atoms with van der Waals surface area (Å²) in [6.45, 7) is 3.68. The standard InChI is InChI=1S/C13H24N4O2S3/c1-3-22(18,19)16-7-4-6-11(10-16)12-14-15-13(20)17(12)8-5-9-21-2/h11-12H,3-10H2,1-2H3. The average Bonchev–Trinajstić information content (AvgIpc) is 2.89. The van der Waals surface area contributed by atoms with Crippen LogP contribution in [-0.2, 0) is 10.0 Å². The summed E-state index contributed by atoms with van der Waals surface area (Å²) in [6, 6.07) is 0. The van der Waals surface area contributed by atoms with Crippen molar-refractivity contribution in [3.8, 4) is 0 Å². The van der Waals surface area contributed by atoms with Gasteiger partial charge in [-0.15, -0.1) is 5.11 Å². The summed E-state index contributed by atoms with van der Waals surface area (Å²) < 4.78 is 25.8. The predicted octanol–water partition coefficient (Wildman–Crippen LogP) is 2.18. The zero-order valence-electron chi connectivity index (χ0n) is 13.1. The van der Waals surface area contributed by atoms with Gasteiger partial charge in [-0.2, -0.15) is 16.9 Å². The number of thioether (sulfide) groups is 1. The Bertz CT molecular complexity index is 523. The van der Waals surface area contributed by atoms with Crippen molar-refractivity contribution in [2.75, 3.05) is 37.4 Å². The highest BCUT2D eigenvalue weighted by molar-refractivity contribution is 7.98. The normalized spacial score (nSPS) is 26.8. The van der Waals surface area contributed by atoms with E-state index < -0.39 is 10.0 Å². The number of nitrogens with zero attached hydrogens (tertiary/aromatic N) is 4. The molecule has 2 aliphatic heterocycles. The zero-order valence-corrected chi connectivity index (χ0v) is 15.6. The molecule has 1 saturated heterocycles. The lowest BCUT2D eigenvalue weighted by atomic mass is 9.96. The maximum atomic E-state index is 12.1. The summed E-state index contributed by atoms with van der Waals surface area (Å²) in [4.78, 5) is 2.07. The van der Waals surface area contributed by atoms with Gasteiger partial charge in [0.05, 0.1) is 5.75 Å². The second-order valence-corrected chi connectivity index (χ2v) is 9.22. The molecule has 2 heterocycles. The lowest BCUT2D eigenvalue weighted by Crippen LogP contribution is -2.48. The van der Waals surface area contributed by atoms with Crippen LogP contribution in [0.3, 0.4) is 0 Å². The third-order valence-electron chi connectivity index (χ3n) is 4.17. The van der Waals surface area contributed by atoms with Gasteiger partial charge in [0.1, 0.15) is 6.17 Å². The van der Waals surface area contributed by atoms with Crippen LogP contribution in [-0.4, -0.2) is 66.3 Å². The molecule has 0 aromatic heterocycles. The fraction of sp³-hybridized carbons (Fsp3) is 0.923. The van der Waals surface area contributed by atoms with E-state index in [1.54, 1.807) is 11.2 Å². The summed E-state index contributed by atoms with van der Waals surface area (Å²) in [5, 5.41) is 8.94. The number of thiocarbonyl (C=S) groups is 1. The van der Waals surface area contributed by atoms with Gasteiger partial charge in [-0.05, 0) is 50.4 Å². The first-order valence-electron chi connectivity index (χ1n) is 7.67. The van der Waals surface area contributed by atoms with Gasteiger partial charge < -0.3 is 4.90 Å². The molecule has 2 aliphatic rings. The van der Waals surface area contributed by atoms with Crippen LogP contribution in [0.1, 0.15) is 26.2 Å². The van der Waals surface area contributed by atoms with Crippen molar-refractivity contribution >= 4 is 39.1 Å². The number of sulfonamides is 1. The van der Waals surface area contributed by atoms with Gasteiger partial charge >= 0.3 is 0 Å². The van der Waals surface area contributed by atoms with Gasteiger partial charge in [0, 0.05) is 25.6 Å². The summed E-state index contributed by atoms with van der Waals surface area (Å²) >= 11 is 7.10. The number of rotatable bonds is 7. The van der Waals surface area contributed by atoms with Crippen molar-refractivity contribution in [1.29, 1.82) is 0 Å². The van der Waals surface area contributed by atoms with Gasteiger partial charge in [0.25, 0.3) is 0 Å². The van der Waals surface area contributed by atoms with E-state index >= 15 is 0 Å². The second-order valence-electron chi connectivity index (χ2n) is 5.61. The molecule has 6 nitrogen and oxygen atoms in total. The molecule has 2 atom stereocenters. The Morgan fingerprint density at radius 3 is 2.91 bits per heavy atom. The first-order valence-corrected chi connectivity index (χ1v) is 11.1. The fourth-order valence-electron chi connectivity index (χ4n) is 2.95. The van der Waals surface area contributed by atoms with Crippen molar-refractivity contribution in [2.45, 2.75) is 32.4 Å². The molecule has 0 amide bonds. The van der Waals surface area contributed by atoms with Crippen molar-refractivity contribution in [3.05, 3.63) is 0 Å². The Balaban J connectivity index is 2.02. The second kappa shape index (κ2) is 8.03. The molecule has 22 heavy (non-hydrogen) atoms. The summed E-state index contributed by atoms with van der Waals surface area (Å²) in [6.07, 6.45) is 4.88. The third kappa shape index (κ3) is 4.18. The molecule has 0 N–H and O–H groups in total. The quantitative estimate of drug-likeness (QED) is 0.512. The SMILES string of the molecule is CCS(=O)(=O)N1CCCC(C2N=NC(=S)N2CCCSC)C1. The van der Waals surface area contributed by atoms with Crippen molar-refractivity contribution in [1.82, 2.24) is 9.21 Å². The Kier molecular flexibility index (Phi) is 6.60. The zero-order chi connectivity index (χ0) is 16.2. The van der Waals surface area contributed by atoms with E-state index in [2.05, 4.69) is 21.4 Å². The Hall–Kier alpha value is -0.250. The van der Waals surface area contributed by atoms with Crippen molar-refractivity contribution in [2.24, 2.45) is 16.1 Å². The van der Waals surface area contributed by atoms with Gasteiger partial charge in [0.2, 0.25) is 15.1 Å². The van der Waals surface area contributed by atoms with Gasteiger partial charge in [0.15, 0.2) is 0 Å². The summed E-state index contributed by atoms with van der Waals surface area (Å²) in [5.74, 6) is 1.41. The highest BCUT2D eigenvalue weighted by Crippen LogP contribution is 2.29. The molecule has 0 bridgehead atoms. The summed E-state index contributed by atoms with van der Waals surface area (Å²) in [7, 11) is -3.13. The molecule has 126 valence electrons. The van der Waals surface area contributed by atoms with Crippen LogP contribution in [0.25, 0.3) is 0 Å². The molecule has 0 radical (unpaired) electrons. The predicted molar refractivity (Wildman–Crippen MR) is 94.7 cm³/mol. The molecule has 0 aromatic carbocycles. The molecule has 0 aliphatic carbocycles. The summed E-state index contributed by atoms with van der Waals surface area (Å²) in [5.41, 5.74) is 0. The van der Waals surface area contributed by atoms with E-state index in [4.69, 9.17) is 12.2 Å². The van der Waals surface area contributed by atoms with Crippen LogP contribution in [0, 0.1) is 5.92 Å². The number of hydrogen-bond acceptors (Lipinski definition) is 5. The van der Waals surface area contributed by atoms with E-state index in [1.165, 1.54) is 0 Å². The monoisotopic (exact) mass is 364 g/mol. The third-order valence-corrected chi connectivity index (χ3v) is 7.04. The maximum absolute atomic E-state index is 12.1. The topological polar surface area (TPSA) is 65.3 Å². The van der Waals surface area contributed by atoms with Crippen molar-refractivity contribution in [3.63, 3.8) is 0 Å². The van der Waals surface area contributed by atoms with Crippen LogP contribution < -0.4 is 0 Å². The minimum Gasteiger partial charge on any atom is -0.322 e. The largest absolute Gasteiger partial charge is 0.322 e. The molecule has 0 spiro atoms. The molecule has 9 heteroatoms. The molecule has 0 aromatic rings. The van der Waals surface area contributed by atoms with E-state index in [1.807, 2.05) is 11.8 Å². The smallest absolute Gasteiger partial charge is 0.217 e. The van der Waals surface area contributed by atoms with Crippen molar-refractivity contribution < 1.29 is 8.42 Å². The molecule has 1 fully saturated rings. The average molecular weight is 365 g/mol. The minimum atomic E-state index is -3.13. The lowest BCUT2D eigenvalue weighted by Gasteiger charge is -2.36. The highest BCUT2D eigenvalue weighted by Gasteiger charge is 2.38. The molecule has 2 unspecified atom stereocenters. The molecular formula is C13H24N4O2S3. The van der Waals surface area contributed by atoms with E-state index in [0.29, 0.717) is 18.2 Å². The molecular weight excluding hydrogens is 340 g/mol. The van der Waals surface area contributed by atoms with E-state index in [-0.39, 0.29) is 17.8 Å². The number of hydrogen-bond donors (Lipinski definition) is 0. The van der Waals surface area contributed by atoms with Gasteiger partial charge in [-0.25, -0.2) is 12.7 Å². The van der Waals surface area contributed by atoms with Crippen LogP contribution >= 0.6 is 24.0 Å². The van der Waals surface area contributed by atoms with Crippen LogP contribution in [0.15, 0.2) is 10.2 Å². The first-order chi connectivity index (χ1) is 10.5. The number of piperidine rings is 1. The Morgan fingerprint density at radius 1 is 1.45 bits per heavy atom. The van der Waals surface area contributed by atoms with Gasteiger partial charge in [-0.3, -0.25) is 0 Å². The Morgan fingerprint density at radius 2 is 2.23 bits per heavy atom. The van der Waals surface area contributed by atoms with E-state index in [9.17, 15) is 8.42 Å². The lowest BCUT2D eigenvalue weighted by molar-refractivity contribution is 0.170. The maximum Gasteiger partial charge on any atom is 0.217 e. The fourth-order valence-corrected chi connectivity index (χ4v) is 4.81. The minimum absolute atomic E-state index is 0.0933. The number of azo groups is 1. The first kappa shape index (κ1) is 18.1. The van der Waals surface area contributed by atoms with Crippen LogP contribution in [0.4, 0.5) is 0 Å². The van der Waals surface area contributed by atoms with Crippen LogP contribution in [0.2, 0.25) is 0 Å². The Labute approximate surface area is 142 Å². The molecule has 0 saturated carbocycles. The van der Waals surface area contributed by atoms with Gasteiger partial charge in [-0.1, -0.05) is 0 Å². The van der Waals surface area contributed by atoms with Crippen LogP contribution in [0.5, 0.6) is 0 Å². The van der Waals surface area contributed by atoms with E-state index in [0.717, 1.165) is 31.6 Å². The highest BCUT2D eigenvalue weighted by atomic mass is 32.2. The molecule has 2 rings (SSSR count).